The quantitative estimate of drug-likeness (QED) is 0.555. The minimum atomic E-state index is -1.65. The number of hydrogen-bond donors (Lipinski definition) is 0. The van der Waals surface area contributed by atoms with Crippen LogP contribution in [0.25, 0.3) is 0 Å². The van der Waals surface area contributed by atoms with Gasteiger partial charge in [0.05, 0.1) is 0 Å². The molecule has 0 amide bonds. The van der Waals surface area contributed by atoms with Crippen LogP contribution in [0, 0.1) is 35.5 Å². The Morgan fingerprint density at radius 2 is 1.52 bits per heavy atom. The van der Waals surface area contributed by atoms with Crippen molar-refractivity contribution < 1.29 is 13.2 Å². The zero-order valence-corrected chi connectivity index (χ0v) is 15.2. The largest absolute Gasteiger partial charge is 0.398 e. The van der Waals surface area contributed by atoms with Crippen molar-refractivity contribution in [1.82, 2.24) is 0 Å². The third-order valence-electron chi connectivity index (χ3n) is 7.03. The van der Waals surface area contributed by atoms with Crippen molar-refractivity contribution in [2.45, 2.75) is 57.8 Å². The van der Waals surface area contributed by atoms with E-state index in [0.29, 0.717) is 5.92 Å². The molecule has 122 valence electrons. The van der Waals surface area contributed by atoms with Gasteiger partial charge in [0.2, 0.25) is 0 Å². The SMILES string of the molecule is CC1(F)CC2CC1C1C3CCC(C3)C21.CO[Si](C)(C)OC. The van der Waals surface area contributed by atoms with Gasteiger partial charge in [-0.1, -0.05) is 0 Å². The highest BCUT2D eigenvalue weighted by Crippen LogP contribution is 2.70. The maximum Gasteiger partial charge on any atom is 0.331 e. The molecule has 4 aliphatic carbocycles. The summed E-state index contributed by atoms with van der Waals surface area (Å²) in [6.45, 7) is 5.86. The molecule has 0 radical (unpaired) electrons. The van der Waals surface area contributed by atoms with E-state index in [4.69, 9.17) is 8.85 Å². The van der Waals surface area contributed by atoms with E-state index in [0.717, 1.165) is 36.0 Å². The van der Waals surface area contributed by atoms with Crippen LogP contribution in [-0.4, -0.2) is 28.4 Å². The zero-order valence-electron chi connectivity index (χ0n) is 14.2. The third-order valence-corrected chi connectivity index (χ3v) is 9.00. The van der Waals surface area contributed by atoms with Crippen LogP contribution in [0.15, 0.2) is 0 Å². The molecular formula is C17H31FO2Si. The van der Waals surface area contributed by atoms with Crippen molar-refractivity contribution in [3.63, 3.8) is 0 Å². The number of fused-ring (bicyclic) bond motifs is 9. The Balaban J connectivity index is 0.000000164. The minimum Gasteiger partial charge on any atom is -0.398 e. The van der Waals surface area contributed by atoms with E-state index < -0.39 is 14.2 Å². The lowest BCUT2D eigenvalue weighted by atomic mass is 9.67. The van der Waals surface area contributed by atoms with Gasteiger partial charge in [0.25, 0.3) is 0 Å². The van der Waals surface area contributed by atoms with Crippen molar-refractivity contribution in [2.75, 3.05) is 14.2 Å². The van der Waals surface area contributed by atoms with Crippen LogP contribution in [0.4, 0.5) is 4.39 Å². The Morgan fingerprint density at radius 3 is 2.05 bits per heavy atom. The van der Waals surface area contributed by atoms with Crippen molar-refractivity contribution in [1.29, 1.82) is 0 Å². The molecule has 4 saturated carbocycles. The van der Waals surface area contributed by atoms with Gasteiger partial charge in [-0.25, -0.2) is 4.39 Å². The standard InChI is InChI=1S/C13H19F.C4H12O2Si/c1-13(14)6-9-5-10(13)12-8-3-2-7(4-8)11(9)12;1-5-7(3,4)6-2/h7-12H,2-6H2,1H3;1-4H3. The number of rotatable bonds is 2. The molecule has 0 aromatic rings. The molecule has 7 unspecified atom stereocenters. The molecule has 4 fully saturated rings. The van der Waals surface area contributed by atoms with E-state index in [1.165, 1.54) is 25.7 Å². The molecule has 4 bridgehead atoms. The smallest absolute Gasteiger partial charge is 0.331 e. The fourth-order valence-corrected chi connectivity index (χ4v) is 6.10. The van der Waals surface area contributed by atoms with Crippen LogP contribution >= 0.6 is 0 Å². The summed E-state index contributed by atoms with van der Waals surface area (Å²) in [6.07, 6.45) is 6.47. The normalized spacial score (nSPS) is 50.0. The first-order valence-electron chi connectivity index (χ1n) is 8.58. The summed E-state index contributed by atoms with van der Waals surface area (Å²) < 4.78 is 24.3. The average molecular weight is 315 g/mol. The Hall–Kier alpha value is 0.0669. The van der Waals surface area contributed by atoms with E-state index in [9.17, 15) is 4.39 Å². The molecular weight excluding hydrogens is 283 g/mol. The van der Waals surface area contributed by atoms with Gasteiger partial charge < -0.3 is 8.85 Å². The predicted molar refractivity (Wildman–Crippen MR) is 85.0 cm³/mol. The Labute approximate surface area is 130 Å². The second-order valence-corrected chi connectivity index (χ2v) is 12.0. The minimum absolute atomic E-state index is 0.452. The van der Waals surface area contributed by atoms with Crippen LogP contribution in [0.2, 0.25) is 13.1 Å². The highest BCUT2D eigenvalue weighted by molar-refractivity contribution is 6.64. The fourth-order valence-electron chi connectivity index (χ4n) is 5.93. The van der Waals surface area contributed by atoms with Gasteiger partial charge in [0, 0.05) is 14.2 Å². The van der Waals surface area contributed by atoms with E-state index >= 15 is 0 Å². The first kappa shape index (κ1) is 15.9. The van der Waals surface area contributed by atoms with Gasteiger partial charge in [-0.15, -0.1) is 0 Å². The summed E-state index contributed by atoms with van der Waals surface area (Å²) in [5.74, 6) is 4.93. The summed E-state index contributed by atoms with van der Waals surface area (Å²) in [4.78, 5) is 0. The van der Waals surface area contributed by atoms with Crippen LogP contribution in [0.1, 0.15) is 39.0 Å². The van der Waals surface area contributed by atoms with E-state index in [-0.39, 0.29) is 0 Å². The van der Waals surface area contributed by atoms with Crippen molar-refractivity contribution in [2.24, 2.45) is 35.5 Å². The topological polar surface area (TPSA) is 18.5 Å². The molecule has 0 aliphatic heterocycles. The second-order valence-electron chi connectivity index (χ2n) is 8.38. The van der Waals surface area contributed by atoms with Crippen LogP contribution in [0.3, 0.4) is 0 Å². The Kier molecular flexibility index (Phi) is 4.03. The summed E-state index contributed by atoms with van der Waals surface area (Å²) in [7, 11) is 1.70. The average Bonchev–Trinajstić information content (AvgIpc) is 3.15. The van der Waals surface area contributed by atoms with E-state index in [2.05, 4.69) is 0 Å². The molecule has 4 aliphatic rings. The van der Waals surface area contributed by atoms with Gasteiger partial charge in [0.15, 0.2) is 0 Å². The molecule has 0 saturated heterocycles. The molecule has 0 spiro atoms. The van der Waals surface area contributed by atoms with Crippen LogP contribution in [0.5, 0.6) is 0 Å². The Morgan fingerprint density at radius 1 is 0.952 bits per heavy atom. The lowest BCUT2D eigenvalue weighted by molar-refractivity contribution is 0.0152. The summed E-state index contributed by atoms with van der Waals surface area (Å²) in [5.41, 5.74) is -0.795. The van der Waals surface area contributed by atoms with Gasteiger partial charge in [0.1, 0.15) is 5.67 Å². The fraction of sp³-hybridized carbons (Fsp3) is 1.00. The van der Waals surface area contributed by atoms with Crippen LogP contribution < -0.4 is 0 Å². The molecule has 0 aromatic carbocycles. The molecule has 0 N–H and O–H groups in total. The molecule has 7 atom stereocenters. The second kappa shape index (κ2) is 5.31. The van der Waals surface area contributed by atoms with Gasteiger partial charge in [-0.3, -0.25) is 0 Å². The lowest BCUT2D eigenvalue weighted by Gasteiger charge is -2.40. The van der Waals surface area contributed by atoms with Gasteiger partial charge in [-0.2, -0.15) is 0 Å². The molecule has 21 heavy (non-hydrogen) atoms. The van der Waals surface area contributed by atoms with E-state index in [1.54, 1.807) is 14.2 Å². The molecule has 0 aromatic heterocycles. The highest BCUT2D eigenvalue weighted by Gasteiger charge is 2.65. The first-order valence-corrected chi connectivity index (χ1v) is 11.4. The molecule has 4 rings (SSSR count). The highest BCUT2D eigenvalue weighted by atomic mass is 28.4. The predicted octanol–water partition coefficient (Wildman–Crippen LogP) is 4.40. The maximum atomic E-state index is 14.3. The van der Waals surface area contributed by atoms with Crippen molar-refractivity contribution >= 4 is 8.56 Å². The van der Waals surface area contributed by atoms with Gasteiger partial charge >= 0.3 is 8.56 Å². The van der Waals surface area contributed by atoms with Crippen molar-refractivity contribution in [3.05, 3.63) is 0 Å². The summed E-state index contributed by atoms with van der Waals surface area (Å²) in [6, 6.07) is 0. The third kappa shape index (κ3) is 2.61. The number of halogens is 1. The molecule has 2 nitrogen and oxygen atoms in total. The number of alkyl halides is 1. The summed E-state index contributed by atoms with van der Waals surface area (Å²) in [5, 5.41) is 0. The van der Waals surface area contributed by atoms with Crippen LogP contribution in [-0.2, 0) is 8.85 Å². The first-order chi connectivity index (χ1) is 9.79. The van der Waals surface area contributed by atoms with Gasteiger partial charge in [-0.05, 0) is 87.6 Å². The zero-order chi connectivity index (χ0) is 15.4. The van der Waals surface area contributed by atoms with Crippen molar-refractivity contribution in [3.8, 4) is 0 Å². The lowest BCUT2D eigenvalue weighted by Crippen LogP contribution is -2.39. The molecule has 4 heteroatoms. The maximum absolute atomic E-state index is 14.3. The Bertz CT molecular complexity index is 392. The van der Waals surface area contributed by atoms with E-state index in [1.807, 2.05) is 20.0 Å². The summed E-state index contributed by atoms with van der Waals surface area (Å²) >= 11 is 0. The number of hydrogen-bond acceptors (Lipinski definition) is 2. The molecule has 0 heterocycles. The monoisotopic (exact) mass is 314 g/mol.